The van der Waals surface area contributed by atoms with Crippen LogP contribution in [-0.4, -0.2) is 9.97 Å². The molecule has 10 rings (SSSR count). The van der Waals surface area contributed by atoms with Gasteiger partial charge in [-0.1, -0.05) is 140 Å². The van der Waals surface area contributed by atoms with Crippen molar-refractivity contribution in [2.24, 2.45) is 0 Å². The summed E-state index contributed by atoms with van der Waals surface area (Å²) in [5, 5.41) is 9.36. The monoisotopic (exact) mass is 624 g/mol. The van der Waals surface area contributed by atoms with Crippen molar-refractivity contribution in [3.63, 3.8) is 0 Å². The molecular weight excluding hydrogens is 597 g/mol. The molecular formula is C46H28N2O. The van der Waals surface area contributed by atoms with Crippen LogP contribution in [0.2, 0.25) is 0 Å². The summed E-state index contributed by atoms with van der Waals surface area (Å²) in [5.41, 5.74) is 8.94. The summed E-state index contributed by atoms with van der Waals surface area (Å²) in [6.45, 7) is 0. The van der Waals surface area contributed by atoms with Gasteiger partial charge < -0.3 is 4.42 Å². The van der Waals surface area contributed by atoms with E-state index < -0.39 is 0 Å². The summed E-state index contributed by atoms with van der Waals surface area (Å²) in [6, 6.07) is 59.7. The molecule has 0 unspecified atom stereocenters. The van der Waals surface area contributed by atoms with Gasteiger partial charge in [0.2, 0.25) is 0 Å². The molecule has 3 nitrogen and oxygen atoms in total. The van der Waals surface area contributed by atoms with Crippen LogP contribution in [0.25, 0.3) is 99.3 Å². The first kappa shape index (κ1) is 27.5. The third-order valence-corrected chi connectivity index (χ3v) is 9.68. The minimum absolute atomic E-state index is 0.716. The highest BCUT2D eigenvalue weighted by Crippen LogP contribution is 2.40. The summed E-state index contributed by atoms with van der Waals surface area (Å²) in [5.74, 6) is 0.716. The third-order valence-electron chi connectivity index (χ3n) is 9.68. The lowest BCUT2D eigenvalue weighted by molar-refractivity contribution is 0.669. The fraction of sp³-hybridized carbons (Fsp3) is 0. The van der Waals surface area contributed by atoms with E-state index in [1.807, 2.05) is 18.2 Å². The minimum atomic E-state index is 0.716. The average Bonchev–Trinajstić information content (AvgIpc) is 3.55. The summed E-state index contributed by atoms with van der Waals surface area (Å²) >= 11 is 0. The van der Waals surface area contributed by atoms with Crippen molar-refractivity contribution >= 4 is 54.3 Å². The zero-order valence-corrected chi connectivity index (χ0v) is 26.5. The Balaban J connectivity index is 1.15. The highest BCUT2D eigenvalue weighted by atomic mass is 16.3. The van der Waals surface area contributed by atoms with Gasteiger partial charge in [0, 0.05) is 27.5 Å². The maximum absolute atomic E-state index is 6.19. The smallest absolute Gasteiger partial charge is 0.161 e. The normalized spacial score (nSPS) is 11.7. The lowest BCUT2D eigenvalue weighted by Gasteiger charge is -2.15. The first-order valence-corrected chi connectivity index (χ1v) is 16.6. The molecule has 0 spiro atoms. The van der Waals surface area contributed by atoms with Crippen LogP contribution in [0.3, 0.4) is 0 Å². The lowest BCUT2D eigenvalue weighted by Crippen LogP contribution is -1.97. The van der Waals surface area contributed by atoms with Crippen LogP contribution >= 0.6 is 0 Å². The van der Waals surface area contributed by atoms with Gasteiger partial charge in [0.1, 0.15) is 11.2 Å². The molecule has 0 N–H and O–H groups in total. The van der Waals surface area contributed by atoms with Crippen LogP contribution in [-0.2, 0) is 0 Å². The quantitative estimate of drug-likeness (QED) is 0.144. The van der Waals surface area contributed by atoms with Crippen molar-refractivity contribution in [3.8, 4) is 45.0 Å². The van der Waals surface area contributed by atoms with E-state index in [-0.39, 0.29) is 0 Å². The van der Waals surface area contributed by atoms with Gasteiger partial charge in [-0.2, -0.15) is 0 Å². The third kappa shape index (κ3) is 4.59. The molecule has 0 amide bonds. The summed E-state index contributed by atoms with van der Waals surface area (Å²) in [6.07, 6.45) is 0. The SMILES string of the molecule is c1ccc(-c2cc(-c3ccc(-c4ccc5c(c4)oc4ccccc45)cc3)nc(-c3c4ccccc4cc4c3ccc3ccccc34)n2)cc1. The number of nitrogens with zero attached hydrogens (tertiary/aromatic N) is 2. The molecule has 3 heteroatoms. The van der Waals surface area contributed by atoms with Crippen molar-refractivity contribution in [2.45, 2.75) is 0 Å². The van der Waals surface area contributed by atoms with Crippen LogP contribution in [0.4, 0.5) is 0 Å². The van der Waals surface area contributed by atoms with Crippen LogP contribution in [0.1, 0.15) is 0 Å². The molecule has 2 aromatic heterocycles. The maximum Gasteiger partial charge on any atom is 0.161 e. The highest BCUT2D eigenvalue weighted by molar-refractivity contribution is 6.19. The zero-order valence-electron chi connectivity index (χ0n) is 26.5. The van der Waals surface area contributed by atoms with Crippen LogP contribution in [0.5, 0.6) is 0 Å². The lowest BCUT2D eigenvalue weighted by atomic mass is 9.92. The summed E-state index contributed by atoms with van der Waals surface area (Å²) in [7, 11) is 0. The molecule has 0 aliphatic rings. The first-order valence-electron chi connectivity index (χ1n) is 16.6. The minimum Gasteiger partial charge on any atom is -0.456 e. The van der Waals surface area contributed by atoms with E-state index >= 15 is 0 Å². The van der Waals surface area contributed by atoms with Crippen LogP contribution < -0.4 is 0 Å². The Labute approximate surface area is 282 Å². The molecule has 0 atom stereocenters. The summed E-state index contributed by atoms with van der Waals surface area (Å²) < 4.78 is 6.19. The number of furan rings is 1. The van der Waals surface area contributed by atoms with E-state index in [1.165, 1.54) is 21.5 Å². The molecule has 10 aromatic rings. The predicted molar refractivity (Wildman–Crippen MR) is 204 cm³/mol. The van der Waals surface area contributed by atoms with Crippen LogP contribution in [0, 0.1) is 0 Å². The van der Waals surface area contributed by atoms with Gasteiger partial charge in [-0.05, 0) is 73.8 Å². The Bertz CT molecular complexity index is 2870. The average molecular weight is 625 g/mol. The summed E-state index contributed by atoms with van der Waals surface area (Å²) in [4.78, 5) is 10.6. The van der Waals surface area contributed by atoms with E-state index in [9.17, 15) is 0 Å². The number of rotatable bonds is 4. The van der Waals surface area contributed by atoms with Gasteiger partial charge in [-0.25, -0.2) is 9.97 Å². The van der Waals surface area contributed by atoms with E-state index in [4.69, 9.17) is 14.4 Å². The molecule has 0 fully saturated rings. The Kier molecular flexibility index (Phi) is 6.18. The van der Waals surface area contributed by atoms with Crippen molar-refractivity contribution in [1.29, 1.82) is 0 Å². The first-order chi connectivity index (χ1) is 24.3. The second kappa shape index (κ2) is 11.0. The molecule has 49 heavy (non-hydrogen) atoms. The molecule has 0 aliphatic heterocycles. The zero-order chi connectivity index (χ0) is 32.3. The van der Waals surface area contributed by atoms with E-state index in [1.54, 1.807) is 0 Å². The van der Waals surface area contributed by atoms with Crippen molar-refractivity contribution in [1.82, 2.24) is 9.97 Å². The number of fused-ring (bicyclic) bond motifs is 7. The molecule has 0 saturated heterocycles. The Morgan fingerprint density at radius 1 is 0.327 bits per heavy atom. The number of hydrogen-bond donors (Lipinski definition) is 0. The van der Waals surface area contributed by atoms with E-state index in [2.05, 4.69) is 152 Å². The van der Waals surface area contributed by atoms with Crippen molar-refractivity contribution < 1.29 is 4.42 Å². The largest absolute Gasteiger partial charge is 0.456 e. The molecule has 0 radical (unpaired) electrons. The highest BCUT2D eigenvalue weighted by Gasteiger charge is 2.17. The topological polar surface area (TPSA) is 38.9 Å². The molecule has 228 valence electrons. The molecule has 0 aliphatic carbocycles. The Morgan fingerprint density at radius 3 is 1.73 bits per heavy atom. The molecule has 2 heterocycles. The number of hydrogen-bond acceptors (Lipinski definition) is 3. The molecule has 0 bridgehead atoms. The Hall–Kier alpha value is -6.58. The van der Waals surface area contributed by atoms with Crippen molar-refractivity contribution in [2.75, 3.05) is 0 Å². The van der Waals surface area contributed by atoms with Gasteiger partial charge in [0.15, 0.2) is 5.82 Å². The predicted octanol–water partition coefficient (Wildman–Crippen LogP) is 12.5. The van der Waals surface area contributed by atoms with Gasteiger partial charge in [-0.3, -0.25) is 0 Å². The molecule has 0 saturated carbocycles. The van der Waals surface area contributed by atoms with Gasteiger partial charge in [0.05, 0.1) is 11.4 Å². The van der Waals surface area contributed by atoms with E-state index in [0.717, 1.165) is 71.9 Å². The van der Waals surface area contributed by atoms with Crippen molar-refractivity contribution in [3.05, 3.63) is 170 Å². The standard InChI is InChI=1S/C46H28N2O/c1-2-11-31(12-3-1)41-28-42(32-20-18-29(19-21-32)33-23-24-38-37-16-8-9-17-43(37)49-44(38)27-33)48-46(47-41)45-36-15-7-5-13-34(36)26-40-35-14-6-4-10-30(35)22-25-39(40)45/h1-28H. The Morgan fingerprint density at radius 2 is 0.918 bits per heavy atom. The number of aromatic nitrogens is 2. The van der Waals surface area contributed by atoms with Gasteiger partial charge in [0.25, 0.3) is 0 Å². The van der Waals surface area contributed by atoms with E-state index in [0.29, 0.717) is 5.82 Å². The second-order valence-electron chi connectivity index (χ2n) is 12.6. The second-order valence-corrected chi connectivity index (χ2v) is 12.6. The van der Waals surface area contributed by atoms with Gasteiger partial charge >= 0.3 is 0 Å². The number of para-hydroxylation sites is 1. The molecule has 8 aromatic carbocycles. The van der Waals surface area contributed by atoms with Crippen LogP contribution in [0.15, 0.2) is 174 Å². The fourth-order valence-electron chi connectivity index (χ4n) is 7.26. The maximum atomic E-state index is 6.19. The fourth-order valence-corrected chi connectivity index (χ4v) is 7.26. The van der Waals surface area contributed by atoms with Gasteiger partial charge in [-0.15, -0.1) is 0 Å². The number of benzene rings is 8.